The van der Waals surface area contributed by atoms with Crippen molar-refractivity contribution in [1.29, 1.82) is 0 Å². The number of nitrogens with zero attached hydrogens (tertiary/aromatic N) is 5. The molecule has 0 spiro atoms. The lowest BCUT2D eigenvalue weighted by Crippen LogP contribution is -2.28. The highest BCUT2D eigenvalue weighted by Gasteiger charge is 2.18. The number of hydrogen-bond donors (Lipinski definition) is 1. The van der Waals surface area contributed by atoms with Crippen molar-refractivity contribution in [2.45, 2.75) is 65.0 Å². The number of tetrazole rings is 1. The van der Waals surface area contributed by atoms with Crippen LogP contribution >= 0.6 is 0 Å². The molecule has 1 saturated carbocycles. The normalized spacial score (nSPS) is 14.5. The van der Waals surface area contributed by atoms with Crippen molar-refractivity contribution in [2.75, 3.05) is 0 Å². The minimum atomic E-state index is 0.126. The first kappa shape index (κ1) is 22.3. The maximum absolute atomic E-state index is 13.3. The summed E-state index contributed by atoms with van der Waals surface area (Å²) >= 11 is 0. The molecule has 34 heavy (non-hydrogen) atoms. The average molecular weight is 457 g/mol. The fraction of sp³-hybridized carbons (Fsp3) is 0.407. The van der Waals surface area contributed by atoms with Gasteiger partial charge in [-0.3, -0.25) is 9.13 Å². The fourth-order valence-electron chi connectivity index (χ4n) is 5.16. The maximum atomic E-state index is 13.3. The smallest absolute Gasteiger partial charge is 0.299 e. The van der Waals surface area contributed by atoms with Crippen LogP contribution in [0.1, 0.15) is 56.7 Å². The number of benzene rings is 2. The highest BCUT2D eigenvalue weighted by atomic mass is 16.1. The molecule has 2 aromatic heterocycles. The molecular weight excluding hydrogens is 424 g/mol. The molecule has 7 heteroatoms. The molecule has 0 atom stereocenters. The summed E-state index contributed by atoms with van der Waals surface area (Å²) in [7, 11) is 0. The average Bonchev–Trinajstić information content (AvgIpc) is 3.51. The van der Waals surface area contributed by atoms with Gasteiger partial charge >= 0.3 is 5.69 Å². The first-order valence-electron chi connectivity index (χ1n) is 12.4. The molecule has 0 saturated heterocycles. The lowest BCUT2D eigenvalue weighted by Gasteiger charge is -2.21. The van der Waals surface area contributed by atoms with Gasteiger partial charge in [0.25, 0.3) is 0 Å². The van der Waals surface area contributed by atoms with E-state index in [4.69, 9.17) is 0 Å². The third kappa shape index (κ3) is 4.74. The van der Waals surface area contributed by atoms with E-state index in [1.807, 2.05) is 27.3 Å². The van der Waals surface area contributed by atoms with Gasteiger partial charge in [0.1, 0.15) is 0 Å². The topological polar surface area (TPSA) is 81.4 Å². The third-order valence-electron chi connectivity index (χ3n) is 6.93. The Morgan fingerprint density at radius 1 is 1.00 bits per heavy atom. The van der Waals surface area contributed by atoms with E-state index in [0.717, 1.165) is 47.3 Å². The molecule has 0 unspecified atom stereocenters. The molecular formula is C27H32N6O. The molecule has 0 amide bonds. The highest BCUT2D eigenvalue weighted by molar-refractivity contribution is 5.80. The molecule has 1 aliphatic carbocycles. The van der Waals surface area contributed by atoms with E-state index in [1.165, 1.54) is 32.1 Å². The first-order chi connectivity index (χ1) is 16.7. The summed E-state index contributed by atoms with van der Waals surface area (Å²) in [6.45, 7) is 3.62. The summed E-state index contributed by atoms with van der Waals surface area (Å²) in [4.78, 5) is 13.3. The summed E-state index contributed by atoms with van der Waals surface area (Å²) in [6, 6.07) is 16.5. The Morgan fingerprint density at radius 3 is 2.47 bits per heavy atom. The minimum Gasteiger partial charge on any atom is -0.299 e. The van der Waals surface area contributed by atoms with Crippen molar-refractivity contribution in [3.63, 3.8) is 0 Å². The zero-order valence-electron chi connectivity index (χ0n) is 19.8. The summed E-state index contributed by atoms with van der Waals surface area (Å²) in [5.74, 6) is 1.21. The number of imidazole rings is 1. The van der Waals surface area contributed by atoms with Gasteiger partial charge < -0.3 is 0 Å². The zero-order valence-corrected chi connectivity index (χ0v) is 19.8. The largest absolute Gasteiger partial charge is 0.328 e. The van der Waals surface area contributed by atoms with Crippen LogP contribution in [0.25, 0.3) is 22.5 Å². The number of aryl methyl sites for hydroxylation is 1. The Balaban J connectivity index is 1.39. The number of rotatable bonds is 8. The Bertz CT molecular complexity index is 1260. The molecule has 1 aliphatic rings. The Kier molecular flexibility index (Phi) is 6.70. The second-order valence-corrected chi connectivity index (χ2v) is 9.37. The third-order valence-corrected chi connectivity index (χ3v) is 6.93. The summed E-state index contributed by atoms with van der Waals surface area (Å²) in [6.07, 6.45) is 10.5. The summed E-state index contributed by atoms with van der Waals surface area (Å²) < 4.78 is 3.94. The van der Waals surface area contributed by atoms with Crippen molar-refractivity contribution < 1.29 is 0 Å². The fourth-order valence-corrected chi connectivity index (χ4v) is 5.16. The van der Waals surface area contributed by atoms with E-state index >= 15 is 0 Å². The SMILES string of the molecule is CCCc1cn(CC2CCCCC2)c(=O)n1Cc1ccc(-c2ccccc2-c2nn[nH]n2)cc1. The van der Waals surface area contributed by atoms with Crippen molar-refractivity contribution in [2.24, 2.45) is 5.92 Å². The molecule has 0 bridgehead atoms. The van der Waals surface area contributed by atoms with E-state index in [-0.39, 0.29) is 5.69 Å². The first-order valence-corrected chi connectivity index (χ1v) is 12.4. The van der Waals surface area contributed by atoms with Gasteiger partial charge in [-0.05, 0) is 47.1 Å². The number of hydrogen-bond acceptors (Lipinski definition) is 4. The van der Waals surface area contributed by atoms with E-state index < -0.39 is 0 Å². The van der Waals surface area contributed by atoms with Crippen LogP contribution in [0.4, 0.5) is 0 Å². The number of nitrogens with one attached hydrogen (secondary N) is 1. The van der Waals surface area contributed by atoms with Crippen LogP contribution in [0.15, 0.2) is 59.5 Å². The minimum absolute atomic E-state index is 0.126. The molecule has 0 aliphatic heterocycles. The molecule has 1 fully saturated rings. The van der Waals surface area contributed by atoms with Crippen LogP contribution in [0.2, 0.25) is 0 Å². The Morgan fingerprint density at radius 2 is 1.76 bits per heavy atom. The Labute approximate surface area is 199 Å². The van der Waals surface area contributed by atoms with Gasteiger partial charge in [-0.15, -0.1) is 10.2 Å². The number of aromatic amines is 1. The lowest BCUT2D eigenvalue weighted by atomic mass is 9.89. The van der Waals surface area contributed by atoms with Crippen molar-refractivity contribution in [3.05, 3.63) is 76.5 Å². The number of aromatic nitrogens is 6. The van der Waals surface area contributed by atoms with Crippen LogP contribution in [0, 0.1) is 5.92 Å². The number of H-pyrrole nitrogens is 1. The van der Waals surface area contributed by atoms with E-state index in [9.17, 15) is 4.79 Å². The zero-order chi connectivity index (χ0) is 23.3. The van der Waals surface area contributed by atoms with Crippen LogP contribution in [0.3, 0.4) is 0 Å². The standard InChI is InChI=1S/C27H32N6O/c1-2-8-23-19-32(17-20-9-4-3-5-10-20)27(34)33(23)18-21-13-15-22(16-14-21)24-11-6-7-12-25(24)26-28-30-31-29-26/h6-7,11-16,19-20H,2-5,8-10,17-18H2,1H3,(H,28,29,30,31). The monoisotopic (exact) mass is 456 g/mol. The second-order valence-electron chi connectivity index (χ2n) is 9.37. The summed E-state index contributed by atoms with van der Waals surface area (Å²) in [5, 5.41) is 14.5. The molecule has 5 rings (SSSR count). The molecule has 2 heterocycles. The second kappa shape index (κ2) is 10.2. The highest BCUT2D eigenvalue weighted by Crippen LogP contribution is 2.30. The molecule has 2 aromatic carbocycles. The molecule has 176 valence electrons. The van der Waals surface area contributed by atoms with Crippen LogP contribution in [-0.4, -0.2) is 29.8 Å². The van der Waals surface area contributed by atoms with Gasteiger partial charge in [-0.2, -0.15) is 5.21 Å². The van der Waals surface area contributed by atoms with Gasteiger partial charge in [-0.25, -0.2) is 4.79 Å². The van der Waals surface area contributed by atoms with Gasteiger partial charge in [0.05, 0.1) is 6.54 Å². The quantitative estimate of drug-likeness (QED) is 0.401. The summed E-state index contributed by atoms with van der Waals surface area (Å²) in [5.41, 5.74) is 5.45. The predicted molar refractivity (Wildman–Crippen MR) is 133 cm³/mol. The van der Waals surface area contributed by atoms with E-state index in [0.29, 0.717) is 18.3 Å². The van der Waals surface area contributed by atoms with Crippen LogP contribution in [-0.2, 0) is 19.5 Å². The van der Waals surface area contributed by atoms with Gasteiger partial charge in [-0.1, -0.05) is 81.1 Å². The van der Waals surface area contributed by atoms with Crippen LogP contribution < -0.4 is 5.69 Å². The van der Waals surface area contributed by atoms with E-state index in [1.54, 1.807) is 0 Å². The Hall–Kier alpha value is -3.48. The lowest BCUT2D eigenvalue weighted by molar-refractivity contribution is 0.315. The maximum Gasteiger partial charge on any atom is 0.328 e. The molecule has 4 aromatic rings. The van der Waals surface area contributed by atoms with Crippen molar-refractivity contribution in [3.8, 4) is 22.5 Å². The molecule has 1 N–H and O–H groups in total. The predicted octanol–water partition coefficient (Wildman–Crippen LogP) is 5.08. The van der Waals surface area contributed by atoms with Gasteiger partial charge in [0, 0.05) is 24.0 Å². The molecule has 0 radical (unpaired) electrons. The van der Waals surface area contributed by atoms with Gasteiger partial charge in [0.2, 0.25) is 5.82 Å². The van der Waals surface area contributed by atoms with Gasteiger partial charge in [0.15, 0.2) is 0 Å². The molecule has 7 nitrogen and oxygen atoms in total. The van der Waals surface area contributed by atoms with E-state index in [2.05, 4.69) is 64.1 Å². The van der Waals surface area contributed by atoms with Crippen molar-refractivity contribution >= 4 is 0 Å². The van der Waals surface area contributed by atoms with Crippen molar-refractivity contribution in [1.82, 2.24) is 29.8 Å². The van der Waals surface area contributed by atoms with Crippen LogP contribution in [0.5, 0.6) is 0 Å².